The van der Waals surface area contributed by atoms with E-state index in [1.54, 1.807) is 19.5 Å². The molecule has 0 bridgehead atoms. The SMILES string of the molecule is COc1ccc(CCN2CCC(Nc3nc4cnccc4n3Cc3ccc(F)cc3)CC2)cc1. The van der Waals surface area contributed by atoms with Gasteiger partial charge in [-0.25, -0.2) is 9.37 Å². The van der Waals surface area contributed by atoms with E-state index in [4.69, 9.17) is 9.72 Å². The fraction of sp³-hybridized carbons (Fsp3) is 0.333. The van der Waals surface area contributed by atoms with Crippen LogP contribution in [0.4, 0.5) is 10.3 Å². The van der Waals surface area contributed by atoms with Gasteiger partial charge in [0.05, 0.1) is 25.4 Å². The highest BCUT2D eigenvalue weighted by atomic mass is 19.1. The zero-order valence-corrected chi connectivity index (χ0v) is 19.5. The normalized spacial score (nSPS) is 15.0. The molecule has 5 rings (SSSR count). The Hall–Kier alpha value is -3.45. The molecule has 6 nitrogen and oxygen atoms in total. The first kappa shape index (κ1) is 22.3. The molecule has 0 radical (unpaired) electrons. The number of methoxy groups -OCH3 is 1. The number of aromatic nitrogens is 3. The second-order valence-electron chi connectivity index (χ2n) is 8.87. The highest BCUT2D eigenvalue weighted by Crippen LogP contribution is 2.23. The molecule has 34 heavy (non-hydrogen) atoms. The lowest BCUT2D eigenvalue weighted by Gasteiger charge is -2.32. The van der Waals surface area contributed by atoms with E-state index < -0.39 is 0 Å². The number of pyridine rings is 1. The smallest absolute Gasteiger partial charge is 0.204 e. The van der Waals surface area contributed by atoms with Crippen LogP contribution in [-0.2, 0) is 13.0 Å². The van der Waals surface area contributed by atoms with E-state index in [1.165, 1.54) is 17.7 Å². The van der Waals surface area contributed by atoms with E-state index in [0.29, 0.717) is 12.6 Å². The van der Waals surface area contributed by atoms with E-state index in [0.717, 1.165) is 67.2 Å². The van der Waals surface area contributed by atoms with Crippen molar-refractivity contribution in [1.82, 2.24) is 19.4 Å². The zero-order valence-electron chi connectivity index (χ0n) is 19.5. The summed E-state index contributed by atoms with van der Waals surface area (Å²) in [6, 6.07) is 17.4. The molecule has 1 saturated heterocycles. The third kappa shape index (κ3) is 5.20. The van der Waals surface area contributed by atoms with Crippen LogP contribution in [0.15, 0.2) is 67.0 Å². The predicted octanol–water partition coefficient (Wildman–Crippen LogP) is 4.75. The summed E-state index contributed by atoms with van der Waals surface area (Å²) in [5.74, 6) is 1.53. The molecule has 0 unspecified atom stereocenters. The number of halogens is 1. The van der Waals surface area contributed by atoms with Crippen molar-refractivity contribution in [3.05, 3.63) is 83.9 Å². The van der Waals surface area contributed by atoms with Crippen molar-refractivity contribution >= 4 is 17.0 Å². The third-order valence-electron chi connectivity index (χ3n) is 6.60. The number of rotatable bonds is 8. The van der Waals surface area contributed by atoms with Crippen LogP contribution < -0.4 is 10.1 Å². The molecule has 176 valence electrons. The van der Waals surface area contributed by atoms with Crippen LogP contribution in [0.3, 0.4) is 0 Å². The second-order valence-corrected chi connectivity index (χ2v) is 8.87. The van der Waals surface area contributed by atoms with Crippen molar-refractivity contribution in [2.75, 3.05) is 32.1 Å². The first-order valence-corrected chi connectivity index (χ1v) is 11.8. The van der Waals surface area contributed by atoms with Crippen molar-refractivity contribution in [3.8, 4) is 5.75 Å². The minimum Gasteiger partial charge on any atom is -0.497 e. The summed E-state index contributed by atoms with van der Waals surface area (Å²) >= 11 is 0. The molecule has 2 aromatic carbocycles. The topological polar surface area (TPSA) is 55.2 Å². The second kappa shape index (κ2) is 10.2. The van der Waals surface area contributed by atoms with E-state index in [1.807, 2.05) is 30.3 Å². The summed E-state index contributed by atoms with van der Waals surface area (Å²) in [5, 5.41) is 3.69. The van der Waals surface area contributed by atoms with Gasteiger partial charge in [0.15, 0.2) is 0 Å². The molecule has 2 aromatic heterocycles. The van der Waals surface area contributed by atoms with Crippen molar-refractivity contribution in [2.45, 2.75) is 31.8 Å². The summed E-state index contributed by atoms with van der Waals surface area (Å²) in [6.07, 6.45) is 6.77. The van der Waals surface area contributed by atoms with Gasteiger partial charge in [-0.05, 0) is 60.7 Å². The van der Waals surface area contributed by atoms with Crippen molar-refractivity contribution in [1.29, 1.82) is 0 Å². The lowest BCUT2D eigenvalue weighted by atomic mass is 10.0. The molecule has 0 amide bonds. The third-order valence-corrected chi connectivity index (χ3v) is 6.60. The summed E-state index contributed by atoms with van der Waals surface area (Å²) in [6.45, 7) is 3.82. The van der Waals surface area contributed by atoms with Crippen molar-refractivity contribution < 1.29 is 9.13 Å². The maximum Gasteiger partial charge on any atom is 0.204 e. The number of fused-ring (bicyclic) bond motifs is 1. The molecule has 3 heterocycles. The van der Waals surface area contributed by atoms with Crippen molar-refractivity contribution in [2.24, 2.45) is 0 Å². The molecule has 1 aliphatic heterocycles. The average molecular weight is 460 g/mol. The largest absolute Gasteiger partial charge is 0.497 e. The molecule has 1 N–H and O–H groups in total. The highest BCUT2D eigenvalue weighted by Gasteiger charge is 2.21. The van der Waals surface area contributed by atoms with Gasteiger partial charge in [-0.2, -0.15) is 0 Å². The number of benzene rings is 2. The molecule has 4 aromatic rings. The van der Waals surface area contributed by atoms with E-state index >= 15 is 0 Å². The van der Waals surface area contributed by atoms with Gasteiger partial charge >= 0.3 is 0 Å². The van der Waals surface area contributed by atoms with Gasteiger partial charge in [0.1, 0.15) is 17.1 Å². The number of ether oxygens (including phenoxy) is 1. The van der Waals surface area contributed by atoms with Crippen LogP contribution in [0.2, 0.25) is 0 Å². The van der Waals surface area contributed by atoms with Crippen LogP contribution in [0.25, 0.3) is 11.0 Å². The average Bonchev–Trinajstić information content (AvgIpc) is 3.22. The molecule has 1 aliphatic rings. The number of imidazole rings is 1. The zero-order chi connectivity index (χ0) is 23.3. The maximum atomic E-state index is 13.4. The van der Waals surface area contributed by atoms with Gasteiger partial charge in [0.2, 0.25) is 5.95 Å². The lowest BCUT2D eigenvalue weighted by Crippen LogP contribution is -2.40. The summed E-state index contributed by atoms with van der Waals surface area (Å²) in [5.41, 5.74) is 4.26. The fourth-order valence-electron chi connectivity index (χ4n) is 4.59. The maximum absolute atomic E-state index is 13.4. The molecule has 0 aliphatic carbocycles. The van der Waals surface area contributed by atoms with Gasteiger partial charge in [-0.3, -0.25) is 4.98 Å². The van der Waals surface area contributed by atoms with Crippen LogP contribution in [0.1, 0.15) is 24.0 Å². The quantitative estimate of drug-likeness (QED) is 0.412. The molecular formula is C27H30FN5O. The summed E-state index contributed by atoms with van der Waals surface area (Å²) in [7, 11) is 1.70. The standard InChI is InChI=1S/C27H30FN5O/c1-34-24-8-4-20(5-9-24)11-15-32-16-12-23(13-17-32)30-27-31-25-18-29-14-10-26(25)33(27)19-21-2-6-22(28)7-3-21/h2-10,14,18,23H,11-13,15-17,19H2,1H3,(H,30,31). The Morgan fingerprint density at radius 3 is 2.47 bits per heavy atom. The minimum atomic E-state index is -0.222. The van der Waals surface area contributed by atoms with E-state index in [-0.39, 0.29) is 5.82 Å². The molecule has 1 fully saturated rings. The monoisotopic (exact) mass is 459 g/mol. The van der Waals surface area contributed by atoms with Gasteiger partial charge in [0, 0.05) is 31.9 Å². The summed E-state index contributed by atoms with van der Waals surface area (Å²) < 4.78 is 20.8. The number of hydrogen-bond acceptors (Lipinski definition) is 5. The number of likely N-dealkylation sites (tertiary alicyclic amines) is 1. The number of nitrogens with zero attached hydrogens (tertiary/aromatic N) is 4. The van der Waals surface area contributed by atoms with Crippen LogP contribution in [-0.4, -0.2) is 52.2 Å². The van der Waals surface area contributed by atoms with Gasteiger partial charge in [-0.1, -0.05) is 24.3 Å². The Morgan fingerprint density at radius 2 is 1.74 bits per heavy atom. The number of piperidine rings is 1. The fourth-order valence-corrected chi connectivity index (χ4v) is 4.59. The Morgan fingerprint density at radius 1 is 1.00 bits per heavy atom. The summed E-state index contributed by atoms with van der Waals surface area (Å²) in [4.78, 5) is 11.6. The molecule has 0 atom stereocenters. The minimum absolute atomic E-state index is 0.222. The van der Waals surface area contributed by atoms with Crippen molar-refractivity contribution in [3.63, 3.8) is 0 Å². The van der Waals surface area contributed by atoms with Gasteiger partial charge in [0.25, 0.3) is 0 Å². The number of nitrogens with one attached hydrogen (secondary N) is 1. The van der Waals surface area contributed by atoms with Gasteiger partial charge < -0.3 is 19.5 Å². The number of hydrogen-bond donors (Lipinski definition) is 1. The van der Waals surface area contributed by atoms with E-state index in [9.17, 15) is 4.39 Å². The number of anilines is 1. The first-order chi connectivity index (χ1) is 16.7. The highest BCUT2D eigenvalue weighted by molar-refractivity contribution is 5.77. The first-order valence-electron chi connectivity index (χ1n) is 11.8. The van der Waals surface area contributed by atoms with Crippen LogP contribution in [0.5, 0.6) is 5.75 Å². The molecular weight excluding hydrogens is 429 g/mol. The van der Waals surface area contributed by atoms with Gasteiger partial charge in [-0.15, -0.1) is 0 Å². The Kier molecular flexibility index (Phi) is 6.72. The lowest BCUT2D eigenvalue weighted by molar-refractivity contribution is 0.221. The Labute approximate surface area is 199 Å². The van der Waals surface area contributed by atoms with E-state index in [2.05, 4.69) is 31.9 Å². The Bertz CT molecular complexity index is 1210. The Balaban J connectivity index is 1.21. The predicted molar refractivity (Wildman–Crippen MR) is 133 cm³/mol. The molecule has 7 heteroatoms. The molecule has 0 spiro atoms. The molecule has 0 saturated carbocycles. The van der Waals surface area contributed by atoms with Crippen LogP contribution >= 0.6 is 0 Å². The van der Waals surface area contributed by atoms with Crippen LogP contribution in [0, 0.1) is 5.82 Å².